The van der Waals surface area contributed by atoms with Crippen molar-refractivity contribution in [3.8, 4) is 0 Å². The molecule has 0 aromatic heterocycles. The van der Waals surface area contributed by atoms with Crippen LogP contribution >= 0.6 is 0 Å². The molecular formula is C14H21F2NO2. The molecule has 19 heavy (non-hydrogen) atoms. The summed E-state index contributed by atoms with van der Waals surface area (Å²) in [5, 5.41) is 12.8. The molecule has 1 aromatic carbocycles. The van der Waals surface area contributed by atoms with Crippen molar-refractivity contribution in [1.29, 1.82) is 0 Å². The van der Waals surface area contributed by atoms with Gasteiger partial charge in [0.05, 0.1) is 6.10 Å². The maximum Gasteiger partial charge on any atom is 0.129 e. The average Bonchev–Trinajstić information content (AvgIpc) is 2.40. The largest absolute Gasteiger partial charge is 0.387 e. The van der Waals surface area contributed by atoms with Crippen LogP contribution in [0, 0.1) is 11.6 Å². The van der Waals surface area contributed by atoms with Crippen LogP contribution in [-0.4, -0.2) is 31.9 Å². The van der Waals surface area contributed by atoms with Crippen LogP contribution in [0.1, 0.15) is 30.9 Å². The molecule has 0 saturated carbocycles. The summed E-state index contributed by atoms with van der Waals surface area (Å²) in [7, 11) is 1.67. The number of rotatable bonds is 9. The first kappa shape index (κ1) is 16.0. The van der Waals surface area contributed by atoms with Gasteiger partial charge in [-0.3, -0.25) is 0 Å². The van der Waals surface area contributed by atoms with Crippen molar-refractivity contribution in [2.24, 2.45) is 0 Å². The number of nitrogens with one attached hydrogen (secondary N) is 1. The third-order valence-electron chi connectivity index (χ3n) is 2.86. The minimum atomic E-state index is -1.03. The lowest BCUT2D eigenvalue weighted by molar-refractivity contribution is 0.169. The highest BCUT2D eigenvalue weighted by atomic mass is 19.1. The molecular weight excluding hydrogens is 252 g/mol. The second-order valence-corrected chi connectivity index (χ2v) is 4.44. The smallest absolute Gasteiger partial charge is 0.129 e. The molecule has 0 radical (unpaired) electrons. The maximum absolute atomic E-state index is 13.4. The molecule has 1 aromatic rings. The van der Waals surface area contributed by atoms with Crippen molar-refractivity contribution in [3.05, 3.63) is 35.4 Å². The van der Waals surface area contributed by atoms with Gasteiger partial charge in [0.2, 0.25) is 0 Å². The number of methoxy groups -OCH3 is 1. The third kappa shape index (κ3) is 6.09. The number of hydrogen-bond acceptors (Lipinski definition) is 3. The topological polar surface area (TPSA) is 41.5 Å². The highest BCUT2D eigenvalue weighted by Crippen LogP contribution is 2.17. The predicted octanol–water partition coefficient (Wildman–Crippen LogP) is 2.40. The van der Waals surface area contributed by atoms with Gasteiger partial charge in [-0.05, 0) is 44.0 Å². The molecule has 1 atom stereocenters. The zero-order chi connectivity index (χ0) is 14.1. The second-order valence-electron chi connectivity index (χ2n) is 4.44. The average molecular weight is 273 g/mol. The summed E-state index contributed by atoms with van der Waals surface area (Å²) in [5.74, 6) is -1.13. The molecule has 5 heteroatoms. The van der Waals surface area contributed by atoms with E-state index in [0.29, 0.717) is 0 Å². The van der Waals surface area contributed by atoms with E-state index in [2.05, 4.69) is 5.32 Å². The van der Waals surface area contributed by atoms with Crippen LogP contribution in [0.15, 0.2) is 18.2 Å². The normalized spacial score (nSPS) is 12.6. The molecule has 0 spiro atoms. The summed E-state index contributed by atoms with van der Waals surface area (Å²) in [6, 6.07) is 3.09. The van der Waals surface area contributed by atoms with Crippen LogP contribution < -0.4 is 5.32 Å². The Morgan fingerprint density at radius 1 is 1.26 bits per heavy atom. The summed E-state index contributed by atoms with van der Waals surface area (Å²) in [4.78, 5) is 0. The summed E-state index contributed by atoms with van der Waals surface area (Å²) in [6.07, 6.45) is 1.96. The number of unbranched alkanes of at least 4 members (excludes halogenated alkanes) is 2. The highest BCUT2D eigenvalue weighted by Gasteiger charge is 2.13. The Labute approximate surface area is 112 Å². The Kier molecular flexibility index (Phi) is 7.55. The molecule has 0 aliphatic rings. The fraction of sp³-hybridized carbons (Fsp3) is 0.571. The van der Waals surface area contributed by atoms with Crippen LogP contribution in [0.2, 0.25) is 0 Å². The third-order valence-corrected chi connectivity index (χ3v) is 2.86. The Bertz CT molecular complexity index is 374. The Morgan fingerprint density at radius 3 is 2.79 bits per heavy atom. The van der Waals surface area contributed by atoms with Gasteiger partial charge in [0.25, 0.3) is 0 Å². The van der Waals surface area contributed by atoms with E-state index in [-0.39, 0.29) is 12.1 Å². The molecule has 108 valence electrons. The number of benzene rings is 1. The van der Waals surface area contributed by atoms with Crippen molar-refractivity contribution in [1.82, 2.24) is 5.32 Å². The van der Waals surface area contributed by atoms with Crippen LogP contribution in [0.3, 0.4) is 0 Å². The summed E-state index contributed by atoms with van der Waals surface area (Å²) >= 11 is 0. The van der Waals surface area contributed by atoms with Gasteiger partial charge in [0.15, 0.2) is 0 Å². The lowest BCUT2D eigenvalue weighted by atomic mass is 10.1. The molecule has 1 rings (SSSR count). The Balaban J connectivity index is 2.23. The quantitative estimate of drug-likeness (QED) is 0.679. The van der Waals surface area contributed by atoms with E-state index >= 15 is 0 Å². The van der Waals surface area contributed by atoms with Gasteiger partial charge < -0.3 is 15.2 Å². The molecule has 0 heterocycles. The molecule has 0 fully saturated rings. The number of aliphatic hydroxyl groups is 1. The summed E-state index contributed by atoms with van der Waals surface area (Å²) < 4.78 is 31.3. The Morgan fingerprint density at radius 2 is 2.05 bits per heavy atom. The zero-order valence-electron chi connectivity index (χ0n) is 11.2. The number of ether oxygens (including phenoxy) is 1. The van der Waals surface area contributed by atoms with E-state index in [1.165, 1.54) is 0 Å². The zero-order valence-corrected chi connectivity index (χ0v) is 11.2. The van der Waals surface area contributed by atoms with Crippen LogP contribution in [0.5, 0.6) is 0 Å². The monoisotopic (exact) mass is 273 g/mol. The van der Waals surface area contributed by atoms with E-state index in [1.54, 1.807) is 7.11 Å². The lowest BCUT2D eigenvalue weighted by Gasteiger charge is -2.13. The molecule has 3 nitrogen and oxygen atoms in total. The minimum Gasteiger partial charge on any atom is -0.387 e. The van der Waals surface area contributed by atoms with Gasteiger partial charge >= 0.3 is 0 Å². The first-order valence-electron chi connectivity index (χ1n) is 6.48. The number of aliphatic hydroxyl groups excluding tert-OH is 1. The fourth-order valence-electron chi connectivity index (χ4n) is 1.79. The van der Waals surface area contributed by atoms with Crippen molar-refractivity contribution in [3.63, 3.8) is 0 Å². The van der Waals surface area contributed by atoms with Crippen molar-refractivity contribution in [2.75, 3.05) is 26.8 Å². The first-order chi connectivity index (χ1) is 9.15. The highest BCUT2D eigenvalue weighted by molar-refractivity contribution is 5.21. The minimum absolute atomic E-state index is 0.00752. The molecule has 0 aliphatic carbocycles. The van der Waals surface area contributed by atoms with Gasteiger partial charge in [0.1, 0.15) is 11.6 Å². The van der Waals surface area contributed by atoms with E-state index in [9.17, 15) is 13.9 Å². The van der Waals surface area contributed by atoms with Gasteiger partial charge in [-0.25, -0.2) is 8.78 Å². The van der Waals surface area contributed by atoms with E-state index in [0.717, 1.165) is 50.6 Å². The molecule has 0 amide bonds. The number of hydrogen-bond donors (Lipinski definition) is 2. The molecule has 1 unspecified atom stereocenters. The molecule has 0 saturated heterocycles. The van der Waals surface area contributed by atoms with Gasteiger partial charge in [0, 0.05) is 25.8 Å². The van der Waals surface area contributed by atoms with Crippen molar-refractivity contribution >= 4 is 0 Å². The maximum atomic E-state index is 13.4. The standard InChI is InChI=1S/C14H21F2NO2/c1-19-8-4-2-3-7-17-10-14(18)12-9-11(15)5-6-13(12)16/h5-6,9,14,17-18H,2-4,7-8,10H2,1H3. The van der Waals surface area contributed by atoms with Crippen molar-refractivity contribution in [2.45, 2.75) is 25.4 Å². The van der Waals surface area contributed by atoms with Gasteiger partial charge in [-0.2, -0.15) is 0 Å². The van der Waals surface area contributed by atoms with Crippen LogP contribution in [-0.2, 0) is 4.74 Å². The van der Waals surface area contributed by atoms with Gasteiger partial charge in [-0.15, -0.1) is 0 Å². The predicted molar refractivity (Wildman–Crippen MR) is 69.9 cm³/mol. The SMILES string of the molecule is COCCCCCNCC(O)c1cc(F)ccc1F. The lowest BCUT2D eigenvalue weighted by Crippen LogP contribution is -2.23. The Hall–Kier alpha value is -1.04. The van der Waals surface area contributed by atoms with E-state index < -0.39 is 17.7 Å². The van der Waals surface area contributed by atoms with Gasteiger partial charge in [-0.1, -0.05) is 0 Å². The van der Waals surface area contributed by atoms with Crippen LogP contribution in [0.4, 0.5) is 8.78 Å². The van der Waals surface area contributed by atoms with E-state index in [1.807, 2.05) is 0 Å². The molecule has 0 bridgehead atoms. The van der Waals surface area contributed by atoms with Crippen molar-refractivity contribution < 1.29 is 18.6 Å². The molecule has 0 aliphatic heterocycles. The molecule has 2 N–H and O–H groups in total. The fourth-order valence-corrected chi connectivity index (χ4v) is 1.79. The summed E-state index contributed by atoms with van der Waals surface area (Å²) in [5.41, 5.74) is -0.00752. The second kappa shape index (κ2) is 8.96. The summed E-state index contributed by atoms with van der Waals surface area (Å²) in [6.45, 7) is 1.69. The van der Waals surface area contributed by atoms with E-state index in [4.69, 9.17) is 4.74 Å². The van der Waals surface area contributed by atoms with Crippen LogP contribution in [0.25, 0.3) is 0 Å². The number of halogens is 2. The first-order valence-corrected chi connectivity index (χ1v) is 6.48.